The Morgan fingerprint density at radius 1 is 0.361 bits per heavy atom. The highest BCUT2D eigenvalue weighted by molar-refractivity contribution is 6.29. The zero-order chi connectivity index (χ0) is 49.5. The van der Waals surface area contributed by atoms with E-state index in [1.54, 1.807) is 0 Å². The first-order valence-electron chi connectivity index (χ1n) is 24.4. The van der Waals surface area contributed by atoms with E-state index in [2.05, 4.69) is 38.1 Å². The zero-order valence-electron chi connectivity index (χ0n) is 39.4. The van der Waals surface area contributed by atoms with Crippen LogP contribution in [0.25, 0.3) is 76.2 Å². The van der Waals surface area contributed by atoms with Crippen molar-refractivity contribution in [2.75, 3.05) is 9.80 Å². The molecule has 0 atom stereocenters. The molecule has 0 aliphatic heterocycles. The van der Waals surface area contributed by atoms with E-state index in [9.17, 15) is 26.3 Å². The van der Waals surface area contributed by atoms with Crippen molar-refractivity contribution >= 4 is 110 Å². The summed E-state index contributed by atoms with van der Waals surface area (Å²) in [6.45, 7) is 4.30. The number of rotatable bonds is 12. The molecule has 0 bridgehead atoms. The maximum atomic E-state index is 14.1. The van der Waals surface area contributed by atoms with E-state index in [0.29, 0.717) is 45.3 Å². The van der Waals surface area contributed by atoms with Gasteiger partial charge in [0.15, 0.2) is 11.2 Å². The summed E-state index contributed by atoms with van der Waals surface area (Å²) in [5.41, 5.74) is 7.20. The van der Waals surface area contributed by atoms with Crippen LogP contribution in [0.1, 0.15) is 61.8 Å². The number of nitrogens with zero attached hydrogens (tertiary/aromatic N) is 2. The van der Waals surface area contributed by atoms with E-state index in [1.807, 2.05) is 107 Å². The summed E-state index contributed by atoms with van der Waals surface area (Å²) in [5, 5.41) is 9.05. The molecule has 0 aliphatic carbocycles. The Morgan fingerprint density at radius 2 is 0.722 bits per heavy atom. The van der Waals surface area contributed by atoms with E-state index < -0.39 is 23.5 Å². The molecule has 0 aliphatic rings. The second kappa shape index (κ2) is 17.4. The second-order valence-electron chi connectivity index (χ2n) is 18.7. The van der Waals surface area contributed by atoms with Crippen molar-refractivity contribution in [3.63, 3.8) is 0 Å². The van der Waals surface area contributed by atoms with Crippen LogP contribution in [0.4, 0.5) is 60.5 Å². The van der Waals surface area contributed by atoms with Crippen LogP contribution in [-0.2, 0) is 25.2 Å². The van der Waals surface area contributed by atoms with Crippen molar-refractivity contribution in [1.82, 2.24) is 0 Å². The molecule has 0 amide bonds. The van der Waals surface area contributed by atoms with E-state index in [-0.39, 0.29) is 0 Å². The zero-order valence-corrected chi connectivity index (χ0v) is 39.4. The van der Waals surface area contributed by atoms with Gasteiger partial charge in [0.25, 0.3) is 0 Å². The second-order valence-corrected chi connectivity index (χ2v) is 18.7. The Kier molecular flexibility index (Phi) is 10.9. The van der Waals surface area contributed by atoms with Crippen LogP contribution in [0.5, 0.6) is 0 Å². The predicted molar refractivity (Wildman–Crippen MR) is 281 cm³/mol. The van der Waals surface area contributed by atoms with Gasteiger partial charge in [-0.2, -0.15) is 26.3 Å². The molecular formula is C62H46F6N2O2. The summed E-state index contributed by atoms with van der Waals surface area (Å²) in [7, 11) is 0. The third-order valence-corrected chi connectivity index (χ3v) is 14.3. The van der Waals surface area contributed by atoms with Crippen LogP contribution in [0.2, 0.25) is 0 Å². The van der Waals surface area contributed by atoms with Crippen molar-refractivity contribution in [2.45, 2.75) is 64.7 Å². The van der Waals surface area contributed by atoms with Crippen LogP contribution in [0.15, 0.2) is 179 Å². The Morgan fingerprint density at radius 3 is 1.10 bits per heavy atom. The Bertz CT molecular complexity index is 3740. The standard InChI is InChI=1S/C62H46F6N2O2/c1-3-5-11-39-13-7-15-45-47-17-9-19-53(59(47)71-57(39)45)69(43-29-25-41(26-30-43)61(63,64)65)51-35-23-37-22-34-50-52(36-24-38-21-33-49(51)55(37)56(38)50)70(44-31-27-42(28-32-44)62(66,67)68)54-20-10-18-48-46-16-8-14-40(12-6-4-2)58(46)72-60(48)54/h7-10,13-36H,3-6,11-12H2,1-2H3. The molecule has 2 heterocycles. The summed E-state index contributed by atoms with van der Waals surface area (Å²) in [6, 6.07) is 50.9. The van der Waals surface area contributed by atoms with Crippen molar-refractivity contribution in [3.8, 4) is 0 Å². The SMILES string of the molecule is CCCCc1cccc2c1oc1c(N(c3ccc(C(F)(F)F)cc3)c3ccc4ccc5c(N(c6ccc(C(F)(F)F)cc6)c6cccc7c6oc6c(CCCC)cccc67)ccc6ccc3c4c65)cccc12. The van der Waals surface area contributed by atoms with Crippen molar-refractivity contribution in [2.24, 2.45) is 0 Å². The monoisotopic (exact) mass is 964 g/mol. The number of furan rings is 2. The molecule has 0 saturated carbocycles. The number of fused-ring (bicyclic) bond motifs is 6. The minimum atomic E-state index is -4.54. The van der Waals surface area contributed by atoms with E-state index in [0.717, 1.165) is 139 Å². The number of hydrogen-bond acceptors (Lipinski definition) is 4. The third-order valence-electron chi connectivity index (χ3n) is 14.3. The average molecular weight is 965 g/mol. The molecule has 12 rings (SSSR count). The van der Waals surface area contributed by atoms with Gasteiger partial charge in [0.2, 0.25) is 0 Å². The first kappa shape index (κ1) is 45.2. The fourth-order valence-electron chi connectivity index (χ4n) is 10.8. The number of para-hydroxylation sites is 4. The number of hydrogen-bond donors (Lipinski definition) is 0. The lowest BCUT2D eigenvalue weighted by atomic mass is 9.91. The topological polar surface area (TPSA) is 32.8 Å². The number of halogens is 6. The maximum absolute atomic E-state index is 14.1. The smallest absolute Gasteiger partial charge is 0.416 e. The molecule has 358 valence electrons. The molecule has 2 aromatic heterocycles. The normalized spacial score (nSPS) is 12.5. The molecule has 0 unspecified atom stereocenters. The highest BCUT2D eigenvalue weighted by atomic mass is 19.4. The molecule has 0 spiro atoms. The molecule has 12 aromatic rings. The number of alkyl halides is 6. The highest BCUT2D eigenvalue weighted by Gasteiger charge is 2.33. The van der Waals surface area contributed by atoms with E-state index in [4.69, 9.17) is 8.83 Å². The van der Waals surface area contributed by atoms with Gasteiger partial charge in [-0.3, -0.25) is 0 Å². The van der Waals surface area contributed by atoms with Gasteiger partial charge in [-0.15, -0.1) is 0 Å². The van der Waals surface area contributed by atoms with Crippen LogP contribution in [0, 0.1) is 0 Å². The van der Waals surface area contributed by atoms with Gasteiger partial charge in [-0.05, 0) is 131 Å². The van der Waals surface area contributed by atoms with Crippen LogP contribution < -0.4 is 9.80 Å². The van der Waals surface area contributed by atoms with Crippen LogP contribution in [0.3, 0.4) is 0 Å². The number of aryl methyl sites for hydroxylation is 2. The van der Waals surface area contributed by atoms with Crippen molar-refractivity contribution in [1.29, 1.82) is 0 Å². The summed E-state index contributed by atoms with van der Waals surface area (Å²) in [4.78, 5) is 3.96. The van der Waals surface area contributed by atoms with Crippen LogP contribution >= 0.6 is 0 Å². The molecule has 4 nitrogen and oxygen atoms in total. The molecule has 10 aromatic carbocycles. The molecule has 72 heavy (non-hydrogen) atoms. The van der Waals surface area contributed by atoms with E-state index >= 15 is 0 Å². The summed E-state index contributed by atoms with van der Waals surface area (Å²) >= 11 is 0. The fraction of sp³-hybridized carbons (Fsp3) is 0.161. The quantitative estimate of drug-likeness (QED) is 0.0902. The number of anilines is 6. The maximum Gasteiger partial charge on any atom is 0.416 e. The van der Waals surface area contributed by atoms with Crippen molar-refractivity contribution < 1.29 is 35.2 Å². The van der Waals surface area contributed by atoms with Crippen molar-refractivity contribution in [3.05, 3.63) is 192 Å². The van der Waals surface area contributed by atoms with Gasteiger partial charge in [-0.25, -0.2) is 0 Å². The van der Waals surface area contributed by atoms with Crippen LogP contribution in [-0.4, -0.2) is 0 Å². The average Bonchev–Trinajstić information content (AvgIpc) is 3.98. The molecule has 0 fully saturated rings. The first-order chi connectivity index (χ1) is 34.9. The molecule has 0 radical (unpaired) electrons. The predicted octanol–water partition coefficient (Wildman–Crippen LogP) is 20.0. The summed E-state index contributed by atoms with van der Waals surface area (Å²) in [6.07, 6.45) is -3.38. The van der Waals surface area contributed by atoms with Gasteiger partial charge in [0.05, 0.1) is 33.9 Å². The summed E-state index contributed by atoms with van der Waals surface area (Å²) < 4.78 is 98.5. The molecule has 0 saturated heterocycles. The number of benzene rings is 10. The fourth-order valence-corrected chi connectivity index (χ4v) is 10.8. The van der Waals surface area contributed by atoms with Gasteiger partial charge < -0.3 is 18.6 Å². The third kappa shape index (κ3) is 7.45. The highest BCUT2D eigenvalue weighted by Crippen LogP contribution is 2.51. The van der Waals surface area contributed by atoms with E-state index in [1.165, 1.54) is 24.3 Å². The largest absolute Gasteiger partial charge is 0.454 e. The van der Waals surface area contributed by atoms with Gasteiger partial charge >= 0.3 is 12.4 Å². The lowest BCUT2D eigenvalue weighted by molar-refractivity contribution is -0.138. The Hall–Kier alpha value is -7.98. The minimum Gasteiger partial charge on any atom is -0.454 e. The van der Waals surface area contributed by atoms with Gasteiger partial charge in [-0.1, -0.05) is 124 Å². The van der Waals surface area contributed by atoms with Gasteiger partial charge in [0, 0.05) is 43.7 Å². The minimum absolute atomic E-state index is 0.503. The lowest BCUT2D eigenvalue weighted by Gasteiger charge is -2.29. The Labute approximate surface area is 410 Å². The molecular weight excluding hydrogens is 919 g/mol. The molecule has 10 heteroatoms. The molecule has 0 N–H and O–H groups in total. The number of unbranched alkanes of at least 4 members (excludes halogenated alkanes) is 2. The summed E-state index contributed by atoms with van der Waals surface area (Å²) in [5.74, 6) is 0. The lowest BCUT2D eigenvalue weighted by Crippen LogP contribution is -2.13. The Balaban J connectivity index is 1.10. The first-order valence-corrected chi connectivity index (χ1v) is 24.4. The van der Waals surface area contributed by atoms with Gasteiger partial charge in [0.1, 0.15) is 11.2 Å².